The molecule has 0 bridgehead atoms. The second kappa shape index (κ2) is 7.23. The van der Waals surface area contributed by atoms with Crippen LogP contribution in [0.4, 0.5) is 5.69 Å². The van der Waals surface area contributed by atoms with E-state index in [0.717, 1.165) is 32.4 Å². The van der Waals surface area contributed by atoms with Gasteiger partial charge in [0.2, 0.25) is 0 Å². The number of nitrogens with one attached hydrogen (secondary N) is 1. The molecule has 21 heavy (non-hydrogen) atoms. The average molecular weight is 291 g/mol. The molecule has 2 heterocycles. The van der Waals surface area contributed by atoms with Crippen molar-refractivity contribution in [3.05, 3.63) is 24.5 Å². The molecule has 0 amide bonds. The zero-order chi connectivity index (χ0) is 15.3. The molecule has 1 saturated heterocycles. The summed E-state index contributed by atoms with van der Waals surface area (Å²) in [7, 11) is 0. The van der Waals surface area contributed by atoms with Gasteiger partial charge in [0.15, 0.2) is 0 Å². The number of aromatic nitrogens is 1. The van der Waals surface area contributed by atoms with Gasteiger partial charge in [0.05, 0.1) is 0 Å². The van der Waals surface area contributed by atoms with Gasteiger partial charge in [-0.1, -0.05) is 20.8 Å². The van der Waals surface area contributed by atoms with Crippen molar-refractivity contribution in [2.75, 3.05) is 24.6 Å². The van der Waals surface area contributed by atoms with E-state index in [1.165, 1.54) is 5.69 Å². The first-order valence-corrected chi connectivity index (χ1v) is 8.02. The molecule has 0 radical (unpaired) electrons. The summed E-state index contributed by atoms with van der Waals surface area (Å²) in [5.74, 6) is 0. The predicted octanol–water partition coefficient (Wildman–Crippen LogP) is 2.44. The molecule has 4 heteroatoms. The summed E-state index contributed by atoms with van der Waals surface area (Å²) >= 11 is 0. The number of nitrogens with zero attached hydrogens (tertiary/aromatic N) is 2. The Labute approximate surface area is 128 Å². The molecule has 1 aliphatic heterocycles. The van der Waals surface area contributed by atoms with Gasteiger partial charge in [-0.15, -0.1) is 0 Å². The van der Waals surface area contributed by atoms with Crippen LogP contribution in [0.15, 0.2) is 24.5 Å². The van der Waals surface area contributed by atoms with Gasteiger partial charge < -0.3 is 15.3 Å². The van der Waals surface area contributed by atoms with E-state index in [4.69, 9.17) is 0 Å². The summed E-state index contributed by atoms with van der Waals surface area (Å²) in [6, 6.07) is 5.09. The molecule has 1 aromatic rings. The van der Waals surface area contributed by atoms with Gasteiger partial charge in [0.1, 0.15) is 0 Å². The predicted molar refractivity (Wildman–Crippen MR) is 87.6 cm³/mol. The molecule has 0 aromatic carbocycles. The summed E-state index contributed by atoms with van der Waals surface area (Å²) in [5, 5.41) is 13.0. The molecule has 1 fully saturated rings. The maximum absolute atomic E-state index is 9.27. The second-order valence-corrected chi connectivity index (χ2v) is 7.06. The van der Waals surface area contributed by atoms with E-state index in [0.29, 0.717) is 12.1 Å². The molecule has 4 nitrogen and oxygen atoms in total. The van der Waals surface area contributed by atoms with Crippen molar-refractivity contribution in [3.8, 4) is 0 Å². The van der Waals surface area contributed by atoms with Crippen LogP contribution in [0.25, 0.3) is 0 Å². The Morgan fingerprint density at radius 2 is 1.90 bits per heavy atom. The topological polar surface area (TPSA) is 48.4 Å². The monoisotopic (exact) mass is 291 g/mol. The van der Waals surface area contributed by atoms with Crippen LogP contribution in [0.3, 0.4) is 0 Å². The highest BCUT2D eigenvalue weighted by Gasteiger charge is 2.28. The van der Waals surface area contributed by atoms with E-state index < -0.39 is 0 Å². The van der Waals surface area contributed by atoms with Crippen LogP contribution in [0.2, 0.25) is 0 Å². The number of rotatable bonds is 5. The zero-order valence-corrected chi connectivity index (χ0v) is 13.5. The minimum Gasteiger partial charge on any atom is -0.396 e. The maximum atomic E-state index is 9.27. The van der Waals surface area contributed by atoms with Gasteiger partial charge in [0, 0.05) is 49.9 Å². The molecule has 1 aromatic heterocycles. The van der Waals surface area contributed by atoms with Gasteiger partial charge in [-0.05, 0) is 36.8 Å². The van der Waals surface area contributed by atoms with Crippen molar-refractivity contribution in [1.82, 2.24) is 10.3 Å². The molecule has 118 valence electrons. The smallest absolute Gasteiger partial charge is 0.0446 e. The molecule has 0 saturated carbocycles. The molecular weight excluding hydrogens is 262 g/mol. The quantitative estimate of drug-likeness (QED) is 0.875. The number of pyridine rings is 1. The number of aliphatic hydroxyl groups excluding tert-OH is 1. The van der Waals surface area contributed by atoms with E-state index in [-0.39, 0.29) is 12.0 Å². The molecule has 0 aliphatic carbocycles. The van der Waals surface area contributed by atoms with Crippen LogP contribution in [0, 0.1) is 5.41 Å². The Morgan fingerprint density at radius 3 is 2.43 bits per heavy atom. The summed E-state index contributed by atoms with van der Waals surface area (Å²) in [4.78, 5) is 6.51. The minimum absolute atomic E-state index is 0.185. The number of aliphatic hydroxyl groups is 1. The van der Waals surface area contributed by atoms with E-state index in [2.05, 4.69) is 48.1 Å². The van der Waals surface area contributed by atoms with Crippen LogP contribution >= 0.6 is 0 Å². The first-order valence-electron chi connectivity index (χ1n) is 8.02. The van der Waals surface area contributed by atoms with Gasteiger partial charge in [0.25, 0.3) is 0 Å². The Hall–Kier alpha value is -1.13. The largest absolute Gasteiger partial charge is 0.396 e. The third-order valence-electron chi connectivity index (χ3n) is 4.42. The number of hydrogen-bond acceptors (Lipinski definition) is 4. The molecule has 1 unspecified atom stereocenters. The zero-order valence-electron chi connectivity index (χ0n) is 13.5. The molecule has 1 aliphatic rings. The fraction of sp³-hybridized carbons (Fsp3) is 0.706. The molecule has 1 atom stereocenters. The van der Waals surface area contributed by atoms with Crippen molar-refractivity contribution >= 4 is 5.69 Å². The molecule has 2 rings (SSSR count). The second-order valence-electron chi connectivity index (χ2n) is 7.06. The Balaban J connectivity index is 1.86. The van der Waals surface area contributed by atoms with Gasteiger partial charge in [-0.3, -0.25) is 4.98 Å². The van der Waals surface area contributed by atoms with E-state index in [1.807, 2.05) is 12.4 Å². The summed E-state index contributed by atoms with van der Waals surface area (Å²) in [5.41, 5.74) is 1.46. The van der Waals surface area contributed by atoms with Crippen LogP contribution in [-0.4, -0.2) is 41.9 Å². The maximum Gasteiger partial charge on any atom is 0.0446 e. The Bertz CT molecular complexity index is 408. The fourth-order valence-corrected chi connectivity index (χ4v) is 3.04. The summed E-state index contributed by atoms with van der Waals surface area (Å²) in [6.07, 6.45) is 6.85. The number of anilines is 1. The first-order chi connectivity index (χ1) is 10.0. The highest BCUT2D eigenvalue weighted by atomic mass is 16.3. The standard InChI is InChI=1S/C17H29N3O/c1-17(2,3)16(8-13-21)19-14-6-11-20(12-7-14)15-4-9-18-10-5-15/h4-5,9-10,14,16,19,21H,6-8,11-13H2,1-3H3. The lowest BCUT2D eigenvalue weighted by Gasteiger charge is -2.39. The van der Waals surface area contributed by atoms with Crippen molar-refractivity contribution in [3.63, 3.8) is 0 Å². The van der Waals surface area contributed by atoms with E-state index >= 15 is 0 Å². The van der Waals surface area contributed by atoms with Crippen LogP contribution in [0.1, 0.15) is 40.0 Å². The lowest BCUT2D eigenvalue weighted by atomic mass is 9.84. The summed E-state index contributed by atoms with van der Waals surface area (Å²) < 4.78 is 0. The van der Waals surface area contributed by atoms with Gasteiger partial charge in [-0.25, -0.2) is 0 Å². The van der Waals surface area contributed by atoms with Crippen LogP contribution in [-0.2, 0) is 0 Å². The lowest BCUT2D eigenvalue weighted by molar-refractivity contribution is 0.179. The Morgan fingerprint density at radius 1 is 1.29 bits per heavy atom. The molecular formula is C17H29N3O. The Kier molecular flexibility index (Phi) is 5.59. The normalized spacial score (nSPS) is 18.8. The van der Waals surface area contributed by atoms with Gasteiger partial charge >= 0.3 is 0 Å². The van der Waals surface area contributed by atoms with Crippen molar-refractivity contribution in [1.29, 1.82) is 0 Å². The van der Waals surface area contributed by atoms with Gasteiger partial charge in [-0.2, -0.15) is 0 Å². The third kappa shape index (κ3) is 4.68. The van der Waals surface area contributed by atoms with Crippen molar-refractivity contribution < 1.29 is 5.11 Å². The SMILES string of the molecule is CC(C)(C)C(CCO)NC1CCN(c2ccncc2)CC1. The van der Waals surface area contributed by atoms with E-state index in [1.54, 1.807) is 0 Å². The van der Waals surface area contributed by atoms with Crippen molar-refractivity contribution in [2.24, 2.45) is 5.41 Å². The molecule has 0 spiro atoms. The van der Waals surface area contributed by atoms with Crippen LogP contribution in [0.5, 0.6) is 0 Å². The van der Waals surface area contributed by atoms with E-state index in [9.17, 15) is 5.11 Å². The highest BCUT2D eigenvalue weighted by Crippen LogP contribution is 2.25. The van der Waals surface area contributed by atoms with Crippen molar-refractivity contribution in [2.45, 2.75) is 52.1 Å². The minimum atomic E-state index is 0.185. The number of piperidine rings is 1. The fourth-order valence-electron chi connectivity index (χ4n) is 3.04. The molecule has 2 N–H and O–H groups in total. The highest BCUT2D eigenvalue weighted by molar-refractivity contribution is 5.44. The third-order valence-corrected chi connectivity index (χ3v) is 4.42. The number of hydrogen-bond donors (Lipinski definition) is 2. The lowest BCUT2D eigenvalue weighted by Crippen LogP contribution is -2.50. The summed E-state index contributed by atoms with van der Waals surface area (Å²) in [6.45, 7) is 9.14. The average Bonchev–Trinajstić information content (AvgIpc) is 2.47. The first kappa shape index (κ1) is 16.2. The van der Waals surface area contributed by atoms with Crippen LogP contribution < -0.4 is 10.2 Å².